The van der Waals surface area contributed by atoms with Gasteiger partial charge in [-0.05, 0) is 35.2 Å². The van der Waals surface area contributed by atoms with Crippen molar-refractivity contribution in [2.24, 2.45) is 0 Å². The first-order chi connectivity index (χ1) is 14.2. The summed E-state index contributed by atoms with van der Waals surface area (Å²) in [4.78, 5) is 12.9. The summed E-state index contributed by atoms with van der Waals surface area (Å²) in [5.41, 5.74) is 1.60. The minimum atomic E-state index is -0.437. The second kappa shape index (κ2) is 8.93. The Morgan fingerprint density at radius 1 is 0.724 bits per heavy atom. The third-order valence-electron chi connectivity index (χ3n) is 4.63. The van der Waals surface area contributed by atoms with Crippen molar-refractivity contribution in [2.75, 3.05) is 6.61 Å². The molecule has 0 heterocycles. The Hall–Kier alpha value is -3.11. The zero-order valence-corrected chi connectivity index (χ0v) is 17.3. The molecule has 4 aromatic carbocycles. The van der Waals surface area contributed by atoms with Crippen LogP contribution in [0.3, 0.4) is 0 Å². The van der Waals surface area contributed by atoms with Crippen LogP contribution in [0, 0.1) is 0 Å². The molecule has 4 aromatic rings. The number of hydrogen-bond acceptors (Lipinski definition) is 3. The average Bonchev–Trinajstić information content (AvgIpc) is 2.77. The first-order valence-electron chi connectivity index (χ1n) is 9.37. The maximum atomic E-state index is 12.9. The molecular formula is C25H19BrO3. The molecule has 3 nitrogen and oxygen atoms in total. The first-order valence-corrected chi connectivity index (χ1v) is 10.2. The van der Waals surface area contributed by atoms with Crippen LogP contribution < -0.4 is 9.47 Å². The number of carbonyl (C=O) groups excluding carboxylic acids is 1. The fourth-order valence-corrected chi connectivity index (χ4v) is 3.64. The van der Waals surface area contributed by atoms with E-state index in [0.29, 0.717) is 23.7 Å². The molecule has 0 spiro atoms. The molecule has 29 heavy (non-hydrogen) atoms. The van der Waals surface area contributed by atoms with Gasteiger partial charge in [0.15, 0.2) is 0 Å². The van der Waals surface area contributed by atoms with Crippen molar-refractivity contribution in [2.45, 2.75) is 6.42 Å². The normalized spacial score (nSPS) is 10.7. The van der Waals surface area contributed by atoms with Gasteiger partial charge >= 0.3 is 5.97 Å². The first kappa shape index (κ1) is 19.2. The number of esters is 1. The van der Waals surface area contributed by atoms with Gasteiger partial charge in [-0.3, -0.25) is 0 Å². The van der Waals surface area contributed by atoms with E-state index in [1.54, 1.807) is 24.3 Å². The summed E-state index contributed by atoms with van der Waals surface area (Å²) < 4.78 is 12.6. The largest absolute Gasteiger partial charge is 0.492 e. The zero-order valence-electron chi connectivity index (χ0n) is 15.7. The third-order valence-corrected chi connectivity index (χ3v) is 5.32. The highest BCUT2D eigenvalue weighted by Crippen LogP contribution is 2.32. The Bertz CT molecular complexity index is 1140. The Morgan fingerprint density at radius 2 is 1.41 bits per heavy atom. The van der Waals surface area contributed by atoms with E-state index in [4.69, 9.17) is 9.47 Å². The van der Waals surface area contributed by atoms with Gasteiger partial charge in [0.25, 0.3) is 0 Å². The van der Waals surface area contributed by atoms with Crippen LogP contribution >= 0.6 is 15.9 Å². The number of ether oxygens (including phenoxy) is 2. The Balaban J connectivity index is 1.52. The van der Waals surface area contributed by atoms with Crippen molar-refractivity contribution in [1.29, 1.82) is 0 Å². The molecule has 4 heteroatoms. The monoisotopic (exact) mass is 446 g/mol. The van der Waals surface area contributed by atoms with Gasteiger partial charge in [0.2, 0.25) is 0 Å². The molecule has 0 atom stereocenters. The molecule has 0 saturated carbocycles. The van der Waals surface area contributed by atoms with Crippen molar-refractivity contribution in [3.63, 3.8) is 0 Å². The van der Waals surface area contributed by atoms with E-state index in [-0.39, 0.29) is 0 Å². The van der Waals surface area contributed by atoms with E-state index in [9.17, 15) is 4.79 Å². The number of hydrogen-bond donors (Lipinski definition) is 0. The molecule has 0 N–H and O–H groups in total. The SMILES string of the molecule is O=C(Oc1ccc(Br)c2ccccc12)c1ccccc1OCCc1ccccc1. The van der Waals surface area contributed by atoms with Crippen molar-refractivity contribution in [3.05, 3.63) is 107 Å². The number of halogens is 1. The average molecular weight is 447 g/mol. The predicted octanol–water partition coefficient (Wildman–Crippen LogP) is 6.44. The molecule has 4 rings (SSSR count). The Labute approximate surface area is 178 Å². The molecule has 0 amide bonds. The quantitative estimate of drug-likeness (QED) is 0.252. The maximum Gasteiger partial charge on any atom is 0.347 e. The summed E-state index contributed by atoms with van der Waals surface area (Å²) in [6, 6.07) is 28.8. The van der Waals surface area contributed by atoms with Crippen LogP contribution in [0.15, 0.2) is 95.5 Å². The summed E-state index contributed by atoms with van der Waals surface area (Å²) in [7, 11) is 0. The standard InChI is InChI=1S/C25H19BrO3/c26-22-14-15-24(20-11-5-4-10-19(20)22)29-25(27)21-12-6-7-13-23(21)28-17-16-18-8-2-1-3-9-18/h1-15H,16-17H2. The number of benzene rings is 4. The van der Waals surface area contributed by atoms with Crippen LogP contribution in [0.2, 0.25) is 0 Å². The highest BCUT2D eigenvalue weighted by atomic mass is 79.9. The second-order valence-corrected chi connectivity index (χ2v) is 7.42. The summed E-state index contributed by atoms with van der Waals surface area (Å²) in [6.07, 6.45) is 0.765. The lowest BCUT2D eigenvalue weighted by Gasteiger charge is -2.12. The van der Waals surface area contributed by atoms with Crippen molar-refractivity contribution in [1.82, 2.24) is 0 Å². The molecule has 0 radical (unpaired) electrons. The zero-order chi connectivity index (χ0) is 20.1. The lowest BCUT2D eigenvalue weighted by atomic mass is 10.1. The smallest absolute Gasteiger partial charge is 0.347 e. The number of fused-ring (bicyclic) bond motifs is 1. The van der Waals surface area contributed by atoms with E-state index >= 15 is 0 Å². The van der Waals surface area contributed by atoms with E-state index in [1.807, 2.05) is 54.6 Å². The highest BCUT2D eigenvalue weighted by Gasteiger charge is 2.16. The minimum absolute atomic E-state index is 0.410. The molecule has 0 fully saturated rings. The van der Waals surface area contributed by atoms with Gasteiger partial charge in [-0.25, -0.2) is 4.79 Å². The van der Waals surface area contributed by atoms with Gasteiger partial charge in [-0.1, -0.05) is 82.7 Å². The fraction of sp³-hybridized carbons (Fsp3) is 0.0800. The topological polar surface area (TPSA) is 35.5 Å². The second-order valence-electron chi connectivity index (χ2n) is 6.56. The van der Waals surface area contributed by atoms with Crippen LogP contribution in [0.25, 0.3) is 10.8 Å². The molecule has 0 aromatic heterocycles. The summed E-state index contributed by atoms with van der Waals surface area (Å²) in [5, 5.41) is 1.86. The molecule has 0 bridgehead atoms. The van der Waals surface area contributed by atoms with Crippen LogP contribution in [0.1, 0.15) is 15.9 Å². The van der Waals surface area contributed by atoms with Gasteiger partial charge in [0.1, 0.15) is 17.1 Å². The minimum Gasteiger partial charge on any atom is -0.492 e. The van der Waals surface area contributed by atoms with Crippen LogP contribution in [-0.2, 0) is 6.42 Å². The lowest BCUT2D eigenvalue weighted by molar-refractivity contribution is 0.0732. The van der Waals surface area contributed by atoms with E-state index in [1.165, 1.54) is 5.56 Å². The Morgan fingerprint density at radius 3 is 2.24 bits per heavy atom. The maximum absolute atomic E-state index is 12.9. The lowest BCUT2D eigenvalue weighted by Crippen LogP contribution is -2.12. The van der Waals surface area contributed by atoms with Crippen molar-refractivity contribution >= 4 is 32.7 Å². The molecule has 0 aliphatic carbocycles. The van der Waals surface area contributed by atoms with Gasteiger partial charge in [0, 0.05) is 16.3 Å². The molecule has 144 valence electrons. The molecular weight excluding hydrogens is 428 g/mol. The van der Waals surface area contributed by atoms with Gasteiger partial charge in [-0.2, -0.15) is 0 Å². The van der Waals surface area contributed by atoms with Crippen molar-refractivity contribution in [3.8, 4) is 11.5 Å². The number of carbonyl (C=O) groups is 1. The summed E-state index contributed by atoms with van der Waals surface area (Å²) in [6.45, 7) is 0.482. The molecule has 0 aliphatic rings. The number of rotatable bonds is 6. The summed E-state index contributed by atoms with van der Waals surface area (Å²) >= 11 is 3.54. The summed E-state index contributed by atoms with van der Waals surface area (Å²) in [5.74, 6) is 0.607. The highest BCUT2D eigenvalue weighted by molar-refractivity contribution is 9.10. The number of para-hydroxylation sites is 1. The van der Waals surface area contributed by atoms with Crippen LogP contribution in [-0.4, -0.2) is 12.6 Å². The molecule has 0 unspecified atom stereocenters. The Kier molecular flexibility index (Phi) is 5.92. The van der Waals surface area contributed by atoms with Crippen LogP contribution in [0.4, 0.5) is 0 Å². The van der Waals surface area contributed by atoms with E-state index in [2.05, 4.69) is 28.1 Å². The van der Waals surface area contributed by atoms with E-state index in [0.717, 1.165) is 21.7 Å². The molecule has 0 aliphatic heterocycles. The fourth-order valence-electron chi connectivity index (χ4n) is 3.16. The third kappa shape index (κ3) is 4.49. The predicted molar refractivity (Wildman–Crippen MR) is 119 cm³/mol. The van der Waals surface area contributed by atoms with Gasteiger partial charge in [0.05, 0.1) is 6.61 Å². The molecule has 0 saturated heterocycles. The van der Waals surface area contributed by atoms with Gasteiger partial charge < -0.3 is 9.47 Å². The van der Waals surface area contributed by atoms with Gasteiger partial charge in [-0.15, -0.1) is 0 Å². The van der Waals surface area contributed by atoms with E-state index < -0.39 is 5.97 Å². The van der Waals surface area contributed by atoms with Crippen LogP contribution in [0.5, 0.6) is 11.5 Å². The van der Waals surface area contributed by atoms with Crippen molar-refractivity contribution < 1.29 is 14.3 Å².